The van der Waals surface area contributed by atoms with Crippen molar-refractivity contribution >= 4 is 46.6 Å². The number of benzene rings is 2. The zero-order chi connectivity index (χ0) is 22.0. The summed E-state index contributed by atoms with van der Waals surface area (Å²) >= 11 is 4.82. The second kappa shape index (κ2) is 8.65. The molecule has 2 fully saturated rings. The first-order chi connectivity index (χ1) is 14.9. The summed E-state index contributed by atoms with van der Waals surface area (Å²) in [5.41, 5.74) is 2.25. The van der Waals surface area contributed by atoms with Gasteiger partial charge < -0.3 is 4.90 Å². The molecule has 0 aliphatic carbocycles. The molecular weight excluding hydrogens is 416 g/mol. The summed E-state index contributed by atoms with van der Waals surface area (Å²) in [6.45, 7) is 1.52. The zero-order valence-corrected chi connectivity index (χ0v) is 17.4. The summed E-state index contributed by atoms with van der Waals surface area (Å²) in [5, 5.41) is 16.0. The molecule has 0 atom stereocenters. The van der Waals surface area contributed by atoms with E-state index in [1.807, 2.05) is 18.2 Å². The van der Waals surface area contributed by atoms with Gasteiger partial charge in [0.25, 0.3) is 17.5 Å². The minimum atomic E-state index is -0.631. The molecule has 2 aromatic carbocycles. The minimum absolute atomic E-state index is 0.0607. The largest absolute Gasteiger partial charge is 0.371 e. The van der Waals surface area contributed by atoms with Gasteiger partial charge in [-0.05, 0) is 48.7 Å². The van der Waals surface area contributed by atoms with Gasteiger partial charge in [0.1, 0.15) is 5.57 Å². The molecule has 0 aromatic heterocycles. The molecule has 2 aliphatic rings. The highest BCUT2D eigenvalue weighted by molar-refractivity contribution is 7.80. The van der Waals surface area contributed by atoms with Gasteiger partial charge in [-0.25, -0.2) is 0 Å². The van der Waals surface area contributed by atoms with Crippen LogP contribution < -0.4 is 15.5 Å². The Balaban J connectivity index is 1.63. The summed E-state index contributed by atoms with van der Waals surface area (Å²) in [5.74, 6) is -0.809. The lowest BCUT2D eigenvalue weighted by molar-refractivity contribution is -0.384. The SMILES string of the molecule is O=C1NC(=S)NC(=O)C1=Cc1cc([N+](=O)[O-])ccc1N1CCC(c2ccccc2)CC1. The number of thiocarbonyl (C=S) groups is 1. The number of nitro benzene ring substituents is 1. The summed E-state index contributed by atoms with van der Waals surface area (Å²) in [6, 6.07) is 14.8. The number of nitrogens with one attached hydrogen (secondary N) is 2. The molecule has 0 unspecified atom stereocenters. The van der Waals surface area contributed by atoms with Crippen LogP contribution in [0, 0.1) is 10.1 Å². The maximum Gasteiger partial charge on any atom is 0.270 e. The fourth-order valence-electron chi connectivity index (χ4n) is 4.00. The third-order valence-electron chi connectivity index (χ3n) is 5.57. The van der Waals surface area contributed by atoms with Crippen molar-refractivity contribution in [2.45, 2.75) is 18.8 Å². The van der Waals surface area contributed by atoms with E-state index < -0.39 is 16.7 Å². The molecule has 158 valence electrons. The van der Waals surface area contributed by atoms with Crippen LogP contribution >= 0.6 is 12.2 Å². The van der Waals surface area contributed by atoms with Crippen molar-refractivity contribution < 1.29 is 14.5 Å². The molecule has 0 bridgehead atoms. The molecule has 0 saturated carbocycles. The Kier molecular flexibility index (Phi) is 5.77. The van der Waals surface area contributed by atoms with Crippen LogP contribution in [0.2, 0.25) is 0 Å². The van der Waals surface area contributed by atoms with Crippen molar-refractivity contribution in [2.24, 2.45) is 0 Å². The molecule has 2 heterocycles. The van der Waals surface area contributed by atoms with E-state index in [0.29, 0.717) is 11.5 Å². The highest BCUT2D eigenvalue weighted by Gasteiger charge is 2.28. The van der Waals surface area contributed by atoms with Gasteiger partial charge in [-0.3, -0.25) is 30.3 Å². The lowest BCUT2D eigenvalue weighted by atomic mass is 9.89. The average molecular weight is 436 g/mol. The van der Waals surface area contributed by atoms with Crippen molar-refractivity contribution in [3.63, 3.8) is 0 Å². The van der Waals surface area contributed by atoms with E-state index in [1.165, 1.54) is 23.8 Å². The van der Waals surface area contributed by atoms with Crippen molar-refractivity contribution in [3.8, 4) is 0 Å². The van der Waals surface area contributed by atoms with Crippen molar-refractivity contribution in [2.75, 3.05) is 18.0 Å². The standard InChI is InChI=1S/C22H20N4O4S/c27-20-18(21(28)24-22(31)23-20)13-16-12-17(26(29)30)6-7-19(16)25-10-8-15(9-11-25)14-4-2-1-3-5-14/h1-7,12-13,15H,8-11H2,(H2,23,24,27,28,31). The molecule has 4 rings (SSSR count). The van der Waals surface area contributed by atoms with Crippen LogP contribution in [0.3, 0.4) is 0 Å². The van der Waals surface area contributed by atoms with Gasteiger partial charge >= 0.3 is 0 Å². The number of anilines is 1. The molecule has 31 heavy (non-hydrogen) atoms. The number of nitro groups is 1. The third-order valence-corrected chi connectivity index (χ3v) is 5.78. The van der Waals surface area contributed by atoms with Crippen LogP contribution in [0.4, 0.5) is 11.4 Å². The second-order valence-corrected chi connectivity index (χ2v) is 7.88. The Bertz CT molecular complexity index is 1070. The number of carbonyl (C=O) groups excluding carboxylic acids is 2. The first kappa shape index (κ1) is 20.7. The number of hydrogen-bond acceptors (Lipinski definition) is 6. The van der Waals surface area contributed by atoms with Crippen LogP contribution in [0.5, 0.6) is 0 Å². The summed E-state index contributed by atoms with van der Waals surface area (Å²) in [4.78, 5) is 37.4. The molecule has 2 aliphatic heterocycles. The highest BCUT2D eigenvalue weighted by Crippen LogP contribution is 2.34. The number of carbonyl (C=O) groups is 2. The maximum atomic E-state index is 12.3. The van der Waals surface area contributed by atoms with Crippen molar-refractivity contribution in [1.29, 1.82) is 0 Å². The van der Waals surface area contributed by atoms with E-state index in [4.69, 9.17) is 12.2 Å². The van der Waals surface area contributed by atoms with Gasteiger partial charge in [-0.2, -0.15) is 0 Å². The van der Waals surface area contributed by atoms with Gasteiger partial charge in [0.2, 0.25) is 0 Å². The van der Waals surface area contributed by atoms with Gasteiger partial charge in [-0.15, -0.1) is 0 Å². The van der Waals surface area contributed by atoms with Crippen LogP contribution in [0.1, 0.15) is 29.9 Å². The first-order valence-electron chi connectivity index (χ1n) is 9.89. The normalized spacial score (nSPS) is 17.2. The molecule has 2 aromatic rings. The van der Waals surface area contributed by atoms with Crippen LogP contribution in [-0.2, 0) is 9.59 Å². The number of hydrogen-bond donors (Lipinski definition) is 2. The van der Waals surface area contributed by atoms with E-state index in [-0.39, 0.29) is 16.4 Å². The lowest BCUT2D eigenvalue weighted by Crippen LogP contribution is -2.51. The lowest BCUT2D eigenvalue weighted by Gasteiger charge is -2.34. The topological polar surface area (TPSA) is 105 Å². The Morgan fingerprint density at radius 1 is 1.03 bits per heavy atom. The van der Waals surface area contributed by atoms with Gasteiger partial charge in [0, 0.05) is 36.5 Å². The Morgan fingerprint density at radius 3 is 2.29 bits per heavy atom. The smallest absolute Gasteiger partial charge is 0.270 e. The van der Waals surface area contributed by atoms with Gasteiger partial charge in [0.15, 0.2) is 5.11 Å². The molecular formula is C22H20N4O4S. The number of nitrogens with zero attached hydrogens (tertiary/aromatic N) is 2. The fraction of sp³-hybridized carbons (Fsp3) is 0.227. The quantitative estimate of drug-likeness (QED) is 0.251. The number of non-ortho nitro benzene ring substituents is 1. The van der Waals surface area contributed by atoms with Crippen molar-refractivity contribution in [1.82, 2.24) is 10.6 Å². The van der Waals surface area contributed by atoms with E-state index >= 15 is 0 Å². The summed E-state index contributed by atoms with van der Waals surface area (Å²) in [6.07, 6.45) is 3.26. The van der Waals surface area contributed by atoms with Crippen LogP contribution in [-0.4, -0.2) is 34.9 Å². The Labute approximate surface area is 184 Å². The second-order valence-electron chi connectivity index (χ2n) is 7.47. The maximum absolute atomic E-state index is 12.3. The average Bonchev–Trinajstić information content (AvgIpc) is 2.77. The van der Waals surface area contributed by atoms with Crippen molar-refractivity contribution in [3.05, 3.63) is 75.3 Å². The minimum Gasteiger partial charge on any atom is -0.371 e. The molecule has 0 radical (unpaired) electrons. The fourth-order valence-corrected chi connectivity index (χ4v) is 4.19. The predicted octanol–water partition coefficient (Wildman–Crippen LogP) is 2.89. The highest BCUT2D eigenvalue weighted by atomic mass is 32.1. The number of piperidine rings is 1. The molecule has 2 amide bonds. The predicted molar refractivity (Wildman–Crippen MR) is 121 cm³/mol. The Morgan fingerprint density at radius 2 is 1.68 bits per heavy atom. The van der Waals surface area contributed by atoms with E-state index in [9.17, 15) is 19.7 Å². The zero-order valence-electron chi connectivity index (χ0n) is 16.5. The van der Waals surface area contributed by atoms with Gasteiger partial charge in [0.05, 0.1) is 4.92 Å². The van der Waals surface area contributed by atoms with E-state index in [2.05, 4.69) is 27.7 Å². The van der Waals surface area contributed by atoms with E-state index in [0.717, 1.165) is 31.6 Å². The number of rotatable bonds is 4. The Hall–Kier alpha value is -3.59. The molecule has 2 saturated heterocycles. The molecule has 2 N–H and O–H groups in total. The summed E-state index contributed by atoms with van der Waals surface area (Å²) in [7, 11) is 0. The number of amides is 2. The molecule has 8 nitrogen and oxygen atoms in total. The van der Waals surface area contributed by atoms with Gasteiger partial charge in [-0.1, -0.05) is 30.3 Å². The molecule has 0 spiro atoms. The monoisotopic (exact) mass is 436 g/mol. The van der Waals surface area contributed by atoms with E-state index in [1.54, 1.807) is 6.07 Å². The van der Waals surface area contributed by atoms with Crippen LogP contribution in [0.25, 0.3) is 6.08 Å². The molecule has 9 heteroatoms. The van der Waals surface area contributed by atoms with Crippen LogP contribution in [0.15, 0.2) is 54.1 Å². The summed E-state index contributed by atoms with van der Waals surface area (Å²) < 4.78 is 0. The first-order valence-corrected chi connectivity index (χ1v) is 10.3. The third kappa shape index (κ3) is 4.46.